The number of sulfonamides is 1. The van der Waals surface area contributed by atoms with Gasteiger partial charge in [-0.3, -0.25) is 0 Å². The molecule has 1 aromatic rings. The molecule has 4 aliphatic carbocycles. The van der Waals surface area contributed by atoms with Gasteiger partial charge in [0.2, 0.25) is 10.9 Å². The van der Waals surface area contributed by atoms with Crippen molar-refractivity contribution in [1.29, 1.82) is 0 Å². The van der Waals surface area contributed by atoms with Gasteiger partial charge in [-0.15, -0.1) is 6.58 Å². The van der Waals surface area contributed by atoms with E-state index in [4.69, 9.17) is 4.42 Å². The molecule has 0 spiro atoms. The van der Waals surface area contributed by atoms with Crippen LogP contribution in [0.4, 0.5) is 0 Å². The molecule has 4 saturated carbocycles. The monoisotopic (exact) mass is 601 g/mol. The Balaban J connectivity index is 1.35. The average Bonchev–Trinajstić information content (AvgIpc) is 3.55. The van der Waals surface area contributed by atoms with Crippen molar-refractivity contribution in [2.45, 2.75) is 109 Å². The summed E-state index contributed by atoms with van der Waals surface area (Å²) in [5.41, 5.74) is -0.333. The summed E-state index contributed by atoms with van der Waals surface area (Å²) in [5, 5.41) is 19.7. The zero-order valence-electron chi connectivity index (χ0n) is 26.2. The van der Waals surface area contributed by atoms with Gasteiger partial charge in [-0.05, 0) is 141 Å². The zero-order valence-corrected chi connectivity index (χ0v) is 27.0. The fourth-order valence-corrected chi connectivity index (χ4v) is 14.1. The molecule has 5 aliphatic rings. The van der Waals surface area contributed by atoms with Crippen LogP contribution < -0.4 is 0 Å². The van der Waals surface area contributed by atoms with Crippen molar-refractivity contribution in [3.63, 3.8) is 0 Å². The number of hydrogen-bond acceptors (Lipinski definition) is 5. The summed E-state index contributed by atoms with van der Waals surface area (Å²) in [6.07, 6.45) is 12.8. The molecule has 0 amide bonds. The van der Waals surface area contributed by atoms with E-state index < -0.39 is 21.5 Å². The number of allylic oxidation sites excluding steroid dienone is 1. The maximum absolute atomic E-state index is 14.0. The predicted molar refractivity (Wildman–Crippen MR) is 161 cm³/mol. The molecule has 1 saturated heterocycles. The Morgan fingerprint density at radius 1 is 1.00 bits per heavy atom. The third kappa shape index (κ3) is 3.82. The fourth-order valence-electron chi connectivity index (χ4n) is 12.4. The van der Waals surface area contributed by atoms with Gasteiger partial charge >= 0.3 is 5.97 Å². The molecule has 1 aliphatic heterocycles. The van der Waals surface area contributed by atoms with E-state index in [9.17, 15) is 23.4 Å². The largest absolute Gasteiger partial charge is 0.475 e. The van der Waals surface area contributed by atoms with Crippen LogP contribution >= 0.6 is 0 Å². The van der Waals surface area contributed by atoms with Crippen LogP contribution in [0.15, 0.2) is 34.3 Å². The van der Waals surface area contributed by atoms with E-state index in [-0.39, 0.29) is 45.0 Å². The molecule has 6 rings (SSSR count). The van der Waals surface area contributed by atoms with E-state index in [1.807, 2.05) is 0 Å². The summed E-state index contributed by atoms with van der Waals surface area (Å²) in [4.78, 5) is 11.4. The van der Waals surface area contributed by atoms with Crippen LogP contribution in [0.1, 0.15) is 109 Å². The van der Waals surface area contributed by atoms with Crippen LogP contribution in [0.3, 0.4) is 0 Å². The van der Waals surface area contributed by atoms with Crippen LogP contribution in [0, 0.1) is 51.2 Å². The molecule has 8 heteroatoms. The van der Waals surface area contributed by atoms with Crippen molar-refractivity contribution in [2.75, 3.05) is 13.2 Å². The Hall–Kier alpha value is -1.64. The van der Waals surface area contributed by atoms with E-state index in [1.165, 1.54) is 18.6 Å². The molecule has 0 bridgehead atoms. The Kier molecular flexibility index (Phi) is 7.00. The number of hydrogen-bond donors (Lipinski definition) is 2. The molecule has 0 aromatic carbocycles. The van der Waals surface area contributed by atoms with Gasteiger partial charge < -0.3 is 14.6 Å². The first-order valence-electron chi connectivity index (χ1n) is 16.2. The molecule has 0 radical (unpaired) electrons. The Bertz CT molecular complexity index is 1370. The summed E-state index contributed by atoms with van der Waals surface area (Å²) in [6, 6.07) is 2.51. The van der Waals surface area contributed by atoms with E-state index in [0.29, 0.717) is 30.2 Å². The van der Waals surface area contributed by atoms with Gasteiger partial charge in [0.1, 0.15) is 0 Å². The van der Waals surface area contributed by atoms with E-state index in [2.05, 4.69) is 47.3 Å². The summed E-state index contributed by atoms with van der Waals surface area (Å²) >= 11 is 0. The van der Waals surface area contributed by atoms with Crippen molar-refractivity contribution in [3.05, 3.63) is 30.5 Å². The minimum atomic E-state index is -4.02. The molecule has 7 nitrogen and oxygen atoms in total. The Morgan fingerprint density at radius 3 is 2.38 bits per heavy atom. The molecule has 2 heterocycles. The molecular formula is C34H51NO6S. The maximum atomic E-state index is 14.0. The van der Waals surface area contributed by atoms with Gasteiger partial charge in [0.05, 0.1) is 0 Å². The van der Waals surface area contributed by atoms with Gasteiger partial charge in [-0.2, -0.15) is 4.31 Å². The number of carboxylic acids is 1. The van der Waals surface area contributed by atoms with Crippen LogP contribution in [0.25, 0.3) is 0 Å². The van der Waals surface area contributed by atoms with Crippen molar-refractivity contribution in [1.82, 2.24) is 4.31 Å². The van der Waals surface area contributed by atoms with Crippen LogP contribution in [0.2, 0.25) is 0 Å². The normalized spacial score (nSPS) is 45.1. The van der Waals surface area contributed by atoms with Gasteiger partial charge in [0, 0.05) is 18.7 Å². The molecule has 2 N–H and O–H groups in total. The second-order valence-corrected chi connectivity index (χ2v) is 17.7. The molecule has 9 atom stereocenters. The zero-order chi connectivity index (χ0) is 30.5. The maximum Gasteiger partial charge on any atom is 0.371 e. The number of furan rings is 1. The van der Waals surface area contributed by atoms with Gasteiger partial charge in [0.15, 0.2) is 0 Å². The van der Waals surface area contributed by atoms with Crippen molar-refractivity contribution < 1.29 is 27.8 Å². The number of carbonyl (C=O) groups is 1. The highest BCUT2D eigenvalue weighted by Gasteiger charge is 2.70. The SMILES string of the molecule is C=C[C@@H]1CC[C@]2(CO)CC[C@]3(C)[C@H](CC[C@@H]4[C@@]5(C)CCCN(S(=O)(=O)c6ccc(C(=O)O)o6)C(C)(C)C5CC[C@]43C)[C@@H]12. The molecule has 42 heavy (non-hydrogen) atoms. The number of carboxylic acid groups (broad SMARTS) is 1. The Labute approximate surface area is 252 Å². The van der Waals surface area contributed by atoms with Gasteiger partial charge in [-0.1, -0.05) is 26.8 Å². The second-order valence-electron chi connectivity index (χ2n) is 15.9. The lowest BCUT2D eigenvalue weighted by atomic mass is 9.33. The van der Waals surface area contributed by atoms with Gasteiger partial charge in [0.25, 0.3) is 10.0 Å². The van der Waals surface area contributed by atoms with E-state index >= 15 is 0 Å². The first-order chi connectivity index (χ1) is 19.6. The van der Waals surface area contributed by atoms with E-state index in [1.54, 1.807) is 4.31 Å². The molecule has 1 aromatic heterocycles. The summed E-state index contributed by atoms with van der Waals surface area (Å²) in [7, 11) is -4.02. The summed E-state index contributed by atoms with van der Waals surface area (Å²) in [5.74, 6) is 0.573. The molecule has 1 unspecified atom stereocenters. The quantitative estimate of drug-likeness (QED) is 0.353. The third-order valence-corrected chi connectivity index (χ3v) is 16.4. The summed E-state index contributed by atoms with van der Waals surface area (Å²) in [6.45, 7) is 16.7. The number of aliphatic hydroxyl groups excluding tert-OH is 1. The average molecular weight is 602 g/mol. The highest BCUT2D eigenvalue weighted by Crippen LogP contribution is 2.76. The number of aliphatic hydroxyl groups is 1. The first-order valence-corrected chi connectivity index (χ1v) is 17.7. The van der Waals surface area contributed by atoms with Gasteiger partial charge in [-0.25, -0.2) is 13.2 Å². The minimum absolute atomic E-state index is 0.0246. The number of fused-ring (bicyclic) bond motifs is 7. The van der Waals surface area contributed by atoms with Crippen molar-refractivity contribution in [2.24, 2.45) is 51.2 Å². The Morgan fingerprint density at radius 2 is 1.74 bits per heavy atom. The topological polar surface area (TPSA) is 108 Å². The fraction of sp³-hybridized carbons (Fsp3) is 0.794. The van der Waals surface area contributed by atoms with Crippen molar-refractivity contribution >= 4 is 16.0 Å². The van der Waals surface area contributed by atoms with Crippen molar-refractivity contribution in [3.8, 4) is 0 Å². The third-order valence-electron chi connectivity index (χ3n) is 14.4. The smallest absolute Gasteiger partial charge is 0.371 e. The van der Waals surface area contributed by atoms with E-state index in [0.717, 1.165) is 57.8 Å². The molecular weight excluding hydrogens is 550 g/mol. The minimum Gasteiger partial charge on any atom is -0.475 e. The number of rotatable bonds is 5. The lowest BCUT2D eigenvalue weighted by molar-refractivity contribution is -0.228. The number of aromatic carboxylic acids is 1. The molecule has 5 fully saturated rings. The highest BCUT2D eigenvalue weighted by molar-refractivity contribution is 7.89. The lowest BCUT2D eigenvalue weighted by Crippen LogP contribution is -2.66. The first kappa shape index (κ1) is 30.4. The predicted octanol–water partition coefficient (Wildman–Crippen LogP) is 6.98. The molecule has 234 valence electrons. The highest BCUT2D eigenvalue weighted by atomic mass is 32.2. The number of nitrogens with zero attached hydrogens (tertiary/aromatic N) is 1. The summed E-state index contributed by atoms with van der Waals surface area (Å²) < 4.78 is 35.0. The van der Waals surface area contributed by atoms with Crippen LogP contribution in [-0.4, -0.2) is 47.6 Å². The van der Waals surface area contributed by atoms with Crippen LogP contribution in [-0.2, 0) is 10.0 Å². The standard InChI is InChI=1S/C34H51NO6S/c1-7-22-13-17-34(21-36)19-18-32(5)23(28(22)34)9-11-26-31(4)15-8-20-35(30(2,3)25(31)14-16-33(26,32)6)42(39,40)27-12-10-24(41-27)29(37)38/h7,10,12,22-23,25-26,28,36H,1,8-9,11,13-21H2,2-6H3,(H,37,38)/t22-,23-,25?,26-,28-,31+,32-,33-,34-/m1/s1. The second kappa shape index (κ2) is 9.68. The van der Waals surface area contributed by atoms with Crippen LogP contribution in [0.5, 0.6) is 0 Å². The lowest BCUT2D eigenvalue weighted by Gasteiger charge is -2.71.